The third-order valence-corrected chi connectivity index (χ3v) is 4.35. The molecular weight excluding hydrogens is 326 g/mol. The first-order chi connectivity index (χ1) is 10.3. The van der Waals surface area contributed by atoms with Crippen molar-refractivity contribution in [1.82, 2.24) is 9.97 Å². The molecule has 0 saturated carbocycles. The minimum absolute atomic E-state index is 0.887. The van der Waals surface area contributed by atoms with Gasteiger partial charge in [0.25, 0.3) is 0 Å². The number of aryl methyl sites for hydroxylation is 1. The molecule has 0 aliphatic carbocycles. The second kappa shape index (κ2) is 6.56. The van der Waals surface area contributed by atoms with Crippen LogP contribution in [0.1, 0.15) is 30.3 Å². The Balaban J connectivity index is 1.82. The van der Waals surface area contributed by atoms with Crippen LogP contribution in [-0.4, -0.2) is 23.1 Å². The van der Waals surface area contributed by atoms with Crippen LogP contribution >= 0.6 is 15.9 Å². The monoisotopic (exact) mass is 345 g/mol. The van der Waals surface area contributed by atoms with Crippen LogP contribution in [0, 0.1) is 0 Å². The maximum atomic E-state index is 4.74. The van der Waals surface area contributed by atoms with Gasteiger partial charge in [-0.2, -0.15) is 0 Å². The zero-order valence-electron chi connectivity index (χ0n) is 12.3. The molecule has 2 heterocycles. The van der Waals surface area contributed by atoms with Crippen LogP contribution in [0.3, 0.4) is 0 Å². The van der Waals surface area contributed by atoms with Crippen LogP contribution < -0.4 is 4.90 Å². The van der Waals surface area contributed by atoms with Crippen molar-refractivity contribution < 1.29 is 0 Å². The number of hydrogen-bond acceptors (Lipinski definition) is 3. The molecule has 0 N–H and O–H groups in total. The lowest BCUT2D eigenvalue weighted by Crippen LogP contribution is -2.27. The van der Waals surface area contributed by atoms with Crippen molar-refractivity contribution in [1.29, 1.82) is 0 Å². The highest BCUT2D eigenvalue weighted by Crippen LogP contribution is 2.22. The van der Waals surface area contributed by atoms with Crippen LogP contribution in [0.25, 0.3) is 0 Å². The maximum absolute atomic E-state index is 4.74. The van der Waals surface area contributed by atoms with E-state index in [2.05, 4.69) is 57.0 Å². The molecule has 1 aliphatic heterocycles. The van der Waals surface area contributed by atoms with E-state index in [9.17, 15) is 0 Å². The molecule has 0 amide bonds. The molecule has 0 atom stereocenters. The van der Waals surface area contributed by atoms with E-state index < -0.39 is 0 Å². The highest BCUT2D eigenvalue weighted by molar-refractivity contribution is 9.10. The molecule has 0 saturated heterocycles. The zero-order valence-corrected chi connectivity index (χ0v) is 13.9. The van der Waals surface area contributed by atoms with Gasteiger partial charge in [0.05, 0.1) is 0 Å². The molecule has 0 spiro atoms. The van der Waals surface area contributed by atoms with E-state index in [-0.39, 0.29) is 0 Å². The number of rotatable bonds is 3. The summed E-state index contributed by atoms with van der Waals surface area (Å²) >= 11 is 3.52. The second-order valence-corrected chi connectivity index (χ2v) is 6.28. The SMILES string of the molecule is CCCc1nc(Br)cc(N2CCc3ccccc3CC2)n1. The average molecular weight is 346 g/mol. The quantitative estimate of drug-likeness (QED) is 0.792. The topological polar surface area (TPSA) is 29.0 Å². The Hall–Kier alpha value is -1.42. The standard InChI is InChI=1S/C17H20BrN3/c1-2-5-16-19-15(18)12-17(20-16)21-10-8-13-6-3-4-7-14(13)9-11-21/h3-4,6-7,12H,2,5,8-11H2,1H3. The fraction of sp³-hybridized carbons (Fsp3) is 0.412. The lowest BCUT2D eigenvalue weighted by Gasteiger charge is -2.22. The van der Waals surface area contributed by atoms with E-state index in [4.69, 9.17) is 4.98 Å². The molecule has 1 aliphatic rings. The molecule has 2 aromatic rings. The predicted octanol–water partition coefficient (Wildman–Crippen LogP) is 3.80. The Morgan fingerprint density at radius 3 is 2.38 bits per heavy atom. The van der Waals surface area contributed by atoms with Crippen molar-refractivity contribution in [2.24, 2.45) is 0 Å². The first-order valence-corrected chi connectivity index (χ1v) is 8.40. The van der Waals surface area contributed by atoms with Gasteiger partial charge in [-0.25, -0.2) is 9.97 Å². The van der Waals surface area contributed by atoms with E-state index in [0.29, 0.717) is 0 Å². The number of anilines is 1. The average Bonchev–Trinajstić information content (AvgIpc) is 2.69. The van der Waals surface area contributed by atoms with Gasteiger partial charge in [-0.15, -0.1) is 0 Å². The van der Waals surface area contributed by atoms with E-state index in [0.717, 1.165) is 55.0 Å². The van der Waals surface area contributed by atoms with Gasteiger partial charge in [-0.05, 0) is 46.3 Å². The normalized spacial score (nSPS) is 14.7. The van der Waals surface area contributed by atoms with Gasteiger partial charge in [-0.3, -0.25) is 0 Å². The summed E-state index contributed by atoms with van der Waals surface area (Å²) in [6, 6.07) is 10.8. The molecule has 0 radical (unpaired) electrons. The molecule has 21 heavy (non-hydrogen) atoms. The number of fused-ring (bicyclic) bond motifs is 1. The van der Waals surface area contributed by atoms with Crippen LogP contribution in [0.4, 0.5) is 5.82 Å². The van der Waals surface area contributed by atoms with Gasteiger partial charge in [0.1, 0.15) is 16.2 Å². The van der Waals surface area contributed by atoms with Gasteiger partial charge < -0.3 is 4.90 Å². The number of nitrogens with zero attached hydrogens (tertiary/aromatic N) is 3. The van der Waals surface area contributed by atoms with Gasteiger partial charge in [0.2, 0.25) is 0 Å². The van der Waals surface area contributed by atoms with Gasteiger partial charge in [0, 0.05) is 25.6 Å². The van der Waals surface area contributed by atoms with Crippen molar-refractivity contribution in [3.8, 4) is 0 Å². The zero-order chi connectivity index (χ0) is 14.7. The Morgan fingerprint density at radius 2 is 1.76 bits per heavy atom. The molecule has 0 fully saturated rings. The summed E-state index contributed by atoms with van der Waals surface area (Å²) in [7, 11) is 0. The Morgan fingerprint density at radius 1 is 1.10 bits per heavy atom. The van der Waals surface area contributed by atoms with Crippen LogP contribution in [-0.2, 0) is 19.3 Å². The molecule has 3 nitrogen and oxygen atoms in total. The van der Waals surface area contributed by atoms with E-state index >= 15 is 0 Å². The summed E-state index contributed by atoms with van der Waals surface area (Å²) in [6.45, 7) is 4.20. The summed E-state index contributed by atoms with van der Waals surface area (Å²) in [6.07, 6.45) is 4.17. The molecule has 4 heteroatoms. The summed E-state index contributed by atoms with van der Waals surface area (Å²) in [5.74, 6) is 1.98. The molecule has 3 rings (SSSR count). The number of hydrogen-bond donors (Lipinski definition) is 0. The Labute approximate surface area is 134 Å². The van der Waals surface area contributed by atoms with Crippen molar-refractivity contribution in [2.75, 3.05) is 18.0 Å². The Kier molecular flexibility index (Phi) is 4.54. The maximum Gasteiger partial charge on any atom is 0.133 e. The van der Waals surface area contributed by atoms with Gasteiger partial charge in [0.15, 0.2) is 0 Å². The smallest absolute Gasteiger partial charge is 0.133 e. The van der Waals surface area contributed by atoms with E-state index in [1.807, 2.05) is 6.07 Å². The molecule has 1 aromatic carbocycles. The lowest BCUT2D eigenvalue weighted by atomic mass is 10.0. The van der Waals surface area contributed by atoms with Crippen LogP contribution in [0.2, 0.25) is 0 Å². The number of benzene rings is 1. The summed E-state index contributed by atoms with van der Waals surface area (Å²) in [4.78, 5) is 11.6. The number of halogens is 1. The minimum atomic E-state index is 0.887. The first kappa shape index (κ1) is 14.5. The fourth-order valence-electron chi connectivity index (χ4n) is 2.85. The van der Waals surface area contributed by atoms with Crippen molar-refractivity contribution >= 4 is 21.7 Å². The fourth-order valence-corrected chi connectivity index (χ4v) is 3.26. The highest BCUT2D eigenvalue weighted by atomic mass is 79.9. The molecule has 0 unspecified atom stereocenters. The van der Waals surface area contributed by atoms with Crippen molar-refractivity contribution in [2.45, 2.75) is 32.6 Å². The van der Waals surface area contributed by atoms with Crippen LogP contribution in [0.5, 0.6) is 0 Å². The van der Waals surface area contributed by atoms with Crippen LogP contribution in [0.15, 0.2) is 34.9 Å². The molecule has 0 bridgehead atoms. The van der Waals surface area contributed by atoms with Gasteiger partial charge >= 0.3 is 0 Å². The molecule has 110 valence electrons. The van der Waals surface area contributed by atoms with E-state index in [1.54, 1.807) is 0 Å². The van der Waals surface area contributed by atoms with E-state index in [1.165, 1.54) is 11.1 Å². The molecular formula is C17H20BrN3. The summed E-state index contributed by atoms with van der Waals surface area (Å²) in [5.41, 5.74) is 2.95. The first-order valence-electron chi connectivity index (χ1n) is 7.61. The third-order valence-electron chi connectivity index (χ3n) is 3.95. The second-order valence-electron chi connectivity index (χ2n) is 5.47. The number of aromatic nitrogens is 2. The minimum Gasteiger partial charge on any atom is -0.356 e. The van der Waals surface area contributed by atoms with Crippen molar-refractivity contribution in [3.63, 3.8) is 0 Å². The Bertz CT molecular complexity index is 600. The van der Waals surface area contributed by atoms with Gasteiger partial charge in [-0.1, -0.05) is 31.2 Å². The third kappa shape index (κ3) is 3.43. The highest BCUT2D eigenvalue weighted by Gasteiger charge is 2.16. The molecule has 1 aromatic heterocycles. The largest absolute Gasteiger partial charge is 0.356 e. The summed E-state index contributed by atoms with van der Waals surface area (Å²) < 4.78 is 0.887. The lowest BCUT2D eigenvalue weighted by molar-refractivity contribution is 0.764. The predicted molar refractivity (Wildman–Crippen MR) is 89.8 cm³/mol. The van der Waals surface area contributed by atoms with Crippen molar-refractivity contribution in [3.05, 3.63) is 51.9 Å². The summed E-state index contributed by atoms with van der Waals surface area (Å²) in [5, 5.41) is 0.